The third-order valence-electron chi connectivity index (χ3n) is 4.27. The Labute approximate surface area is 120 Å². The molecule has 106 valence electrons. The molecule has 1 fully saturated rings. The zero-order valence-electron chi connectivity index (χ0n) is 12.6. The summed E-state index contributed by atoms with van der Waals surface area (Å²) in [6.07, 6.45) is 2.50. The highest BCUT2D eigenvalue weighted by molar-refractivity contribution is 5.68. The molecule has 1 atom stereocenters. The van der Waals surface area contributed by atoms with Crippen molar-refractivity contribution in [1.82, 2.24) is 15.5 Å². The quantitative estimate of drug-likeness (QED) is 0.876. The van der Waals surface area contributed by atoms with Crippen LogP contribution in [-0.2, 0) is 0 Å². The summed E-state index contributed by atoms with van der Waals surface area (Å²) in [5, 5.41) is 11.3. The van der Waals surface area contributed by atoms with E-state index >= 15 is 0 Å². The Balaban J connectivity index is 1.94. The summed E-state index contributed by atoms with van der Waals surface area (Å²) in [7, 11) is 0. The van der Waals surface area contributed by atoms with E-state index in [0.717, 1.165) is 18.8 Å². The van der Waals surface area contributed by atoms with Gasteiger partial charge in [0.15, 0.2) is 0 Å². The van der Waals surface area contributed by atoms with Crippen molar-refractivity contribution in [2.75, 3.05) is 13.1 Å². The van der Waals surface area contributed by atoms with Crippen LogP contribution >= 0.6 is 0 Å². The Kier molecular flexibility index (Phi) is 3.62. The van der Waals surface area contributed by atoms with Crippen LogP contribution < -0.4 is 5.32 Å². The molecule has 2 N–H and O–H groups in total. The molecule has 1 aliphatic rings. The predicted molar refractivity (Wildman–Crippen MR) is 83.1 cm³/mol. The molecule has 1 unspecified atom stereocenters. The summed E-state index contributed by atoms with van der Waals surface area (Å²) in [6, 6.07) is 6.71. The monoisotopic (exact) mass is 269 g/mol. The van der Waals surface area contributed by atoms with E-state index in [4.69, 9.17) is 0 Å². The van der Waals surface area contributed by atoms with Crippen LogP contribution in [0.4, 0.5) is 0 Å². The fourth-order valence-corrected chi connectivity index (χ4v) is 3.38. The minimum atomic E-state index is 0.580. The van der Waals surface area contributed by atoms with Crippen LogP contribution in [-0.4, -0.2) is 23.3 Å². The molecule has 1 aliphatic heterocycles. The first kappa shape index (κ1) is 13.4. The minimum absolute atomic E-state index is 0.580. The van der Waals surface area contributed by atoms with Crippen molar-refractivity contribution in [3.8, 4) is 11.3 Å². The number of aromatic amines is 1. The average Bonchev–Trinajstić information content (AvgIpc) is 2.88. The molecule has 1 aromatic carbocycles. The number of aromatic nitrogens is 2. The molecule has 1 saturated heterocycles. The fraction of sp³-hybridized carbons (Fsp3) is 0.471. The standard InChI is InChI=1S/C17H23N3/c1-11-7-12(2)17(13(3)8-11)16-9-15(19-20-16)14-5-4-6-18-10-14/h7-9,14,18H,4-6,10H2,1-3H3,(H,19,20). The molecular formula is C17H23N3. The van der Waals surface area contributed by atoms with Crippen molar-refractivity contribution in [3.63, 3.8) is 0 Å². The zero-order chi connectivity index (χ0) is 14.1. The predicted octanol–water partition coefficient (Wildman–Crippen LogP) is 3.47. The molecule has 0 aliphatic carbocycles. The molecular weight excluding hydrogens is 246 g/mol. The average molecular weight is 269 g/mol. The normalized spacial score (nSPS) is 19.2. The molecule has 0 amide bonds. The zero-order valence-corrected chi connectivity index (χ0v) is 12.6. The molecule has 0 bridgehead atoms. The van der Waals surface area contributed by atoms with E-state index < -0.39 is 0 Å². The highest BCUT2D eigenvalue weighted by Gasteiger charge is 2.18. The Morgan fingerprint density at radius 2 is 1.85 bits per heavy atom. The smallest absolute Gasteiger partial charge is 0.0928 e. The molecule has 0 radical (unpaired) electrons. The van der Waals surface area contributed by atoms with E-state index in [0.29, 0.717) is 5.92 Å². The van der Waals surface area contributed by atoms with Crippen molar-refractivity contribution < 1.29 is 0 Å². The molecule has 0 saturated carbocycles. The Hall–Kier alpha value is -1.61. The lowest BCUT2D eigenvalue weighted by Gasteiger charge is -2.21. The largest absolute Gasteiger partial charge is 0.316 e. The summed E-state index contributed by atoms with van der Waals surface area (Å²) < 4.78 is 0. The lowest BCUT2D eigenvalue weighted by molar-refractivity contribution is 0.454. The Bertz CT molecular complexity index is 583. The van der Waals surface area contributed by atoms with Crippen LogP contribution in [0.2, 0.25) is 0 Å². The Morgan fingerprint density at radius 1 is 1.10 bits per heavy atom. The van der Waals surface area contributed by atoms with Crippen molar-refractivity contribution in [1.29, 1.82) is 0 Å². The van der Waals surface area contributed by atoms with Crippen LogP contribution in [0.25, 0.3) is 11.3 Å². The van der Waals surface area contributed by atoms with Crippen LogP contribution in [0.1, 0.15) is 41.1 Å². The molecule has 3 rings (SSSR count). The van der Waals surface area contributed by atoms with Gasteiger partial charge in [-0.1, -0.05) is 17.7 Å². The van der Waals surface area contributed by atoms with Crippen LogP contribution in [0, 0.1) is 20.8 Å². The van der Waals surface area contributed by atoms with E-state index in [1.807, 2.05) is 0 Å². The number of piperidine rings is 1. The van der Waals surface area contributed by atoms with E-state index in [9.17, 15) is 0 Å². The van der Waals surface area contributed by atoms with Crippen molar-refractivity contribution in [2.24, 2.45) is 0 Å². The van der Waals surface area contributed by atoms with Gasteiger partial charge in [0.2, 0.25) is 0 Å². The third kappa shape index (κ3) is 2.50. The lowest BCUT2D eigenvalue weighted by atomic mass is 9.94. The van der Waals surface area contributed by atoms with Gasteiger partial charge in [0.1, 0.15) is 0 Å². The summed E-state index contributed by atoms with van der Waals surface area (Å²) in [6.45, 7) is 8.70. The SMILES string of the molecule is Cc1cc(C)c(-c2cc(C3CCCNC3)[nH]n2)c(C)c1. The number of nitrogens with one attached hydrogen (secondary N) is 2. The van der Waals surface area contributed by atoms with Gasteiger partial charge in [-0.05, 0) is 57.4 Å². The lowest BCUT2D eigenvalue weighted by Crippen LogP contribution is -2.28. The molecule has 2 heterocycles. The number of aryl methyl sites for hydroxylation is 3. The highest BCUT2D eigenvalue weighted by Crippen LogP contribution is 2.30. The van der Waals surface area contributed by atoms with E-state index in [-0.39, 0.29) is 0 Å². The first-order valence-corrected chi connectivity index (χ1v) is 7.49. The van der Waals surface area contributed by atoms with Crippen molar-refractivity contribution in [3.05, 3.63) is 40.6 Å². The maximum Gasteiger partial charge on any atom is 0.0928 e. The summed E-state index contributed by atoms with van der Waals surface area (Å²) in [5.74, 6) is 0.580. The van der Waals surface area contributed by atoms with Gasteiger partial charge in [-0.25, -0.2) is 0 Å². The molecule has 20 heavy (non-hydrogen) atoms. The van der Waals surface area contributed by atoms with Crippen LogP contribution in [0.15, 0.2) is 18.2 Å². The van der Waals surface area contributed by atoms with Crippen molar-refractivity contribution in [2.45, 2.75) is 39.5 Å². The molecule has 3 nitrogen and oxygen atoms in total. The van der Waals surface area contributed by atoms with Crippen LogP contribution in [0.5, 0.6) is 0 Å². The molecule has 3 heteroatoms. The van der Waals surface area contributed by atoms with Crippen molar-refractivity contribution >= 4 is 0 Å². The van der Waals surface area contributed by atoms with E-state index in [1.165, 1.54) is 40.8 Å². The second-order valence-corrected chi connectivity index (χ2v) is 6.03. The number of hydrogen-bond donors (Lipinski definition) is 2. The van der Waals surface area contributed by atoms with Gasteiger partial charge >= 0.3 is 0 Å². The number of benzene rings is 1. The second-order valence-electron chi connectivity index (χ2n) is 6.03. The van der Waals surface area contributed by atoms with Gasteiger partial charge < -0.3 is 5.32 Å². The maximum atomic E-state index is 4.56. The topological polar surface area (TPSA) is 40.7 Å². The third-order valence-corrected chi connectivity index (χ3v) is 4.27. The number of H-pyrrole nitrogens is 1. The summed E-state index contributed by atoms with van der Waals surface area (Å²) in [5.41, 5.74) is 7.56. The number of rotatable bonds is 2. The maximum absolute atomic E-state index is 4.56. The Morgan fingerprint density at radius 3 is 2.50 bits per heavy atom. The van der Waals surface area contributed by atoms with Gasteiger partial charge in [0, 0.05) is 23.7 Å². The second kappa shape index (κ2) is 5.41. The van der Waals surface area contributed by atoms with Gasteiger partial charge in [-0.3, -0.25) is 5.10 Å². The molecule has 1 aromatic heterocycles. The van der Waals surface area contributed by atoms with Crippen LogP contribution in [0.3, 0.4) is 0 Å². The summed E-state index contributed by atoms with van der Waals surface area (Å²) in [4.78, 5) is 0. The first-order chi connectivity index (χ1) is 9.65. The molecule has 2 aromatic rings. The molecule has 0 spiro atoms. The van der Waals surface area contributed by atoms with Gasteiger partial charge in [-0.2, -0.15) is 5.10 Å². The number of hydrogen-bond acceptors (Lipinski definition) is 2. The number of nitrogens with zero attached hydrogens (tertiary/aromatic N) is 1. The summed E-state index contributed by atoms with van der Waals surface area (Å²) >= 11 is 0. The first-order valence-electron chi connectivity index (χ1n) is 7.49. The highest BCUT2D eigenvalue weighted by atomic mass is 15.1. The van der Waals surface area contributed by atoms with Gasteiger partial charge in [-0.15, -0.1) is 0 Å². The van der Waals surface area contributed by atoms with E-state index in [1.54, 1.807) is 0 Å². The minimum Gasteiger partial charge on any atom is -0.316 e. The fourth-order valence-electron chi connectivity index (χ4n) is 3.38. The van der Waals surface area contributed by atoms with E-state index in [2.05, 4.69) is 54.5 Å². The van der Waals surface area contributed by atoms with Gasteiger partial charge in [0.25, 0.3) is 0 Å². The van der Waals surface area contributed by atoms with Gasteiger partial charge in [0.05, 0.1) is 5.69 Å².